The molecular formula is C27H30N6O. The molecule has 0 aliphatic carbocycles. The van der Waals surface area contributed by atoms with E-state index in [0.29, 0.717) is 11.9 Å². The lowest BCUT2D eigenvalue weighted by atomic mass is 9.98. The van der Waals surface area contributed by atoms with Crippen LogP contribution >= 0.6 is 0 Å². The van der Waals surface area contributed by atoms with Gasteiger partial charge in [0.05, 0.1) is 22.9 Å². The third-order valence-electron chi connectivity index (χ3n) is 7.19. The summed E-state index contributed by atoms with van der Waals surface area (Å²) in [6, 6.07) is 12.1. The summed E-state index contributed by atoms with van der Waals surface area (Å²) in [5, 5.41) is 5.60. The van der Waals surface area contributed by atoms with Crippen molar-refractivity contribution in [3.05, 3.63) is 64.5 Å². The van der Waals surface area contributed by atoms with Gasteiger partial charge >= 0.3 is 0 Å². The van der Waals surface area contributed by atoms with Gasteiger partial charge in [-0.3, -0.25) is 19.0 Å². The second-order valence-electron chi connectivity index (χ2n) is 9.54. The van der Waals surface area contributed by atoms with Crippen molar-refractivity contribution in [3.63, 3.8) is 0 Å². The minimum atomic E-state index is 0.0305. The molecule has 0 amide bonds. The van der Waals surface area contributed by atoms with Gasteiger partial charge in [-0.1, -0.05) is 18.6 Å². The summed E-state index contributed by atoms with van der Waals surface area (Å²) in [5.74, 6) is 0. The Hall–Kier alpha value is -3.32. The van der Waals surface area contributed by atoms with Crippen LogP contribution in [0.4, 0.5) is 0 Å². The third-order valence-corrected chi connectivity index (χ3v) is 7.19. The quantitative estimate of drug-likeness (QED) is 0.455. The van der Waals surface area contributed by atoms with Gasteiger partial charge in [0.2, 0.25) is 0 Å². The number of fused-ring (bicyclic) bond motifs is 2. The van der Waals surface area contributed by atoms with Crippen LogP contribution in [0, 0.1) is 6.92 Å². The van der Waals surface area contributed by atoms with Crippen molar-refractivity contribution in [1.29, 1.82) is 0 Å². The fraction of sp³-hybridized carbons (Fsp3) is 0.407. The molecule has 0 atom stereocenters. The molecule has 34 heavy (non-hydrogen) atoms. The summed E-state index contributed by atoms with van der Waals surface area (Å²) in [6.07, 6.45) is 7.60. The average Bonchev–Trinajstić information content (AvgIpc) is 3.46. The van der Waals surface area contributed by atoms with E-state index in [1.807, 2.05) is 37.3 Å². The van der Waals surface area contributed by atoms with Crippen molar-refractivity contribution in [2.24, 2.45) is 0 Å². The molecule has 1 fully saturated rings. The second kappa shape index (κ2) is 8.80. The number of rotatable bonds is 5. The van der Waals surface area contributed by atoms with Crippen molar-refractivity contribution >= 4 is 10.9 Å². The Morgan fingerprint density at radius 1 is 0.971 bits per heavy atom. The number of pyridine rings is 1. The van der Waals surface area contributed by atoms with Crippen LogP contribution in [-0.2, 0) is 19.5 Å². The summed E-state index contributed by atoms with van der Waals surface area (Å²) < 4.78 is 3.88. The zero-order valence-electron chi connectivity index (χ0n) is 19.7. The lowest BCUT2D eigenvalue weighted by Gasteiger charge is -2.26. The van der Waals surface area contributed by atoms with Gasteiger partial charge in [0.1, 0.15) is 5.69 Å². The lowest BCUT2D eigenvalue weighted by Crippen LogP contribution is -2.34. The highest BCUT2D eigenvalue weighted by Gasteiger charge is 2.25. The van der Waals surface area contributed by atoms with Crippen LogP contribution in [0.2, 0.25) is 0 Å². The molecule has 2 aliphatic rings. The molecule has 174 valence electrons. The molecule has 2 aliphatic heterocycles. The van der Waals surface area contributed by atoms with Crippen molar-refractivity contribution in [1.82, 2.24) is 29.2 Å². The van der Waals surface area contributed by atoms with Gasteiger partial charge in [-0.15, -0.1) is 0 Å². The first-order valence-electron chi connectivity index (χ1n) is 12.4. The summed E-state index contributed by atoms with van der Waals surface area (Å²) in [7, 11) is 0. The first kappa shape index (κ1) is 21.2. The molecule has 0 radical (unpaired) electrons. The molecule has 5 heterocycles. The monoisotopic (exact) mass is 454 g/mol. The number of hydrogen-bond donors (Lipinski definition) is 0. The van der Waals surface area contributed by atoms with E-state index in [2.05, 4.69) is 20.6 Å². The molecule has 7 nitrogen and oxygen atoms in total. The van der Waals surface area contributed by atoms with E-state index in [1.165, 1.54) is 25.0 Å². The molecule has 0 bridgehead atoms. The standard InChI is InChI=1S/C27H30N6O/c1-19-7-5-8-23(29-19)26-25(24-9-6-14-33(24)30-26)20-10-11-22-21(17-20)27(34)32(18-28-22)16-15-31-12-3-2-4-13-31/h5,7-8,10-11,17-18H,2-4,6,9,12-16H2,1H3. The number of hydrogen-bond acceptors (Lipinski definition) is 5. The first-order chi connectivity index (χ1) is 16.7. The van der Waals surface area contributed by atoms with Crippen molar-refractivity contribution in [2.45, 2.75) is 52.1 Å². The Bertz CT molecular complexity index is 1410. The maximum atomic E-state index is 13.4. The van der Waals surface area contributed by atoms with Crippen molar-refractivity contribution in [2.75, 3.05) is 19.6 Å². The Labute approximate surface area is 199 Å². The number of aryl methyl sites for hydroxylation is 2. The van der Waals surface area contributed by atoms with Crippen LogP contribution in [0.5, 0.6) is 0 Å². The average molecular weight is 455 g/mol. The molecule has 4 aromatic rings. The summed E-state index contributed by atoms with van der Waals surface area (Å²) in [5.41, 5.74) is 6.85. The molecule has 1 saturated heterocycles. The SMILES string of the molecule is Cc1cccc(-c2nn3c(c2-c2ccc4ncn(CCN5CCCCC5)c(=O)c4c2)CCC3)n1. The van der Waals surface area contributed by atoms with Crippen LogP contribution < -0.4 is 5.56 Å². The topological polar surface area (TPSA) is 68.8 Å². The summed E-state index contributed by atoms with van der Waals surface area (Å²) >= 11 is 0. The summed E-state index contributed by atoms with van der Waals surface area (Å²) in [6.45, 7) is 6.75. The molecule has 1 aromatic carbocycles. The van der Waals surface area contributed by atoms with Gasteiger partial charge in [-0.05, 0) is 75.5 Å². The predicted molar refractivity (Wildman–Crippen MR) is 134 cm³/mol. The van der Waals surface area contributed by atoms with Crippen LogP contribution in [0.15, 0.2) is 47.5 Å². The van der Waals surface area contributed by atoms with Gasteiger partial charge in [-0.2, -0.15) is 5.10 Å². The van der Waals surface area contributed by atoms with Crippen LogP contribution in [0.1, 0.15) is 37.1 Å². The highest BCUT2D eigenvalue weighted by atomic mass is 16.1. The lowest BCUT2D eigenvalue weighted by molar-refractivity contribution is 0.220. The summed E-state index contributed by atoms with van der Waals surface area (Å²) in [4.78, 5) is 25.2. The molecule has 0 saturated carbocycles. The van der Waals surface area contributed by atoms with Crippen molar-refractivity contribution in [3.8, 4) is 22.5 Å². The van der Waals surface area contributed by atoms with E-state index in [1.54, 1.807) is 10.9 Å². The predicted octanol–water partition coefficient (Wildman–Crippen LogP) is 4.06. The molecule has 7 heteroatoms. The Morgan fingerprint density at radius 3 is 2.71 bits per heavy atom. The smallest absolute Gasteiger partial charge is 0.261 e. The van der Waals surface area contributed by atoms with E-state index in [0.717, 1.165) is 72.7 Å². The van der Waals surface area contributed by atoms with Gasteiger partial charge < -0.3 is 4.90 Å². The number of aromatic nitrogens is 5. The minimum Gasteiger partial charge on any atom is -0.302 e. The van der Waals surface area contributed by atoms with Gasteiger partial charge in [0.15, 0.2) is 0 Å². The fourth-order valence-corrected chi connectivity index (χ4v) is 5.40. The maximum Gasteiger partial charge on any atom is 0.261 e. The largest absolute Gasteiger partial charge is 0.302 e. The van der Waals surface area contributed by atoms with E-state index >= 15 is 0 Å². The van der Waals surface area contributed by atoms with Crippen LogP contribution in [0.25, 0.3) is 33.4 Å². The maximum absolute atomic E-state index is 13.4. The molecule has 0 spiro atoms. The number of benzene rings is 1. The van der Waals surface area contributed by atoms with Crippen LogP contribution in [0.3, 0.4) is 0 Å². The van der Waals surface area contributed by atoms with E-state index in [4.69, 9.17) is 10.1 Å². The Balaban J connectivity index is 1.41. The van der Waals surface area contributed by atoms with E-state index in [9.17, 15) is 4.79 Å². The fourth-order valence-electron chi connectivity index (χ4n) is 5.40. The molecular weight excluding hydrogens is 424 g/mol. The zero-order valence-corrected chi connectivity index (χ0v) is 19.7. The zero-order chi connectivity index (χ0) is 23.1. The van der Waals surface area contributed by atoms with Gasteiger partial charge in [-0.25, -0.2) is 4.98 Å². The van der Waals surface area contributed by atoms with Crippen LogP contribution in [-0.4, -0.2) is 48.8 Å². The molecule has 0 unspecified atom stereocenters. The molecule has 3 aromatic heterocycles. The normalized spacial score (nSPS) is 16.3. The number of piperidine rings is 1. The Kier molecular flexibility index (Phi) is 5.49. The van der Waals surface area contributed by atoms with E-state index < -0.39 is 0 Å². The molecule has 6 rings (SSSR count). The van der Waals surface area contributed by atoms with Gasteiger partial charge in [0, 0.05) is 36.6 Å². The minimum absolute atomic E-state index is 0.0305. The molecule has 0 N–H and O–H groups in total. The second-order valence-corrected chi connectivity index (χ2v) is 9.54. The number of nitrogens with zero attached hydrogens (tertiary/aromatic N) is 6. The number of likely N-dealkylation sites (tertiary alicyclic amines) is 1. The Morgan fingerprint density at radius 2 is 1.85 bits per heavy atom. The highest BCUT2D eigenvalue weighted by Crippen LogP contribution is 2.37. The first-order valence-corrected chi connectivity index (χ1v) is 12.4. The van der Waals surface area contributed by atoms with E-state index in [-0.39, 0.29) is 5.56 Å². The third kappa shape index (κ3) is 3.84. The highest BCUT2D eigenvalue weighted by molar-refractivity contribution is 5.88. The van der Waals surface area contributed by atoms with Gasteiger partial charge in [0.25, 0.3) is 5.56 Å². The van der Waals surface area contributed by atoms with Crippen molar-refractivity contribution < 1.29 is 0 Å².